The van der Waals surface area contributed by atoms with E-state index in [1.807, 2.05) is 31.2 Å². The lowest BCUT2D eigenvalue weighted by molar-refractivity contribution is -0.139. The Labute approximate surface area is 187 Å². The molecule has 1 N–H and O–H groups in total. The molecule has 0 amide bonds. The van der Waals surface area contributed by atoms with E-state index in [1.54, 1.807) is 13.2 Å². The Kier molecular flexibility index (Phi) is 8.14. The van der Waals surface area contributed by atoms with Gasteiger partial charge in [0.1, 0.15) is 11.9 Å². The van der Waals surface area contributed by atoms with Crippen LogP contribution in [0.3, 0.4) is 0 Å². The van der Waals surface area contributed by atoms with E-state index in [0.717, 1.165) is 11.3 Å². The number of carboxylic acids is 1. The van der Waals surface area contributed by atoms with Crippen LogP contribution in [0.15, 0.2) is 36.9 Å². The molecule has 0 bridgehead atoms. The lowest BCUT2D eigenvalue weighted by atomic mass is 9.91. The number of carbonyl (C=O) groups is 1. The highest BCUT2D eigenvalue weighted by Crippen LogP contribution is 2.43. The van der Waals surface area contributed by atoms with Gasteiger partial charge in [-0.05, 0) is 50.0 Å². The summed E-state index contributed by atoms with van der Waals surface area (Å²) in [6.07, 6.45) is 1.70. The lowest BCUT2D eigenvalue weighted by Crippen LogP contribution is -2.45. The summed E-state index contributed by atoms with van der Waals surface area (Å²) in [5, 5.41) is 9.43. The molecule has 0 saturated carbocycles. The maximum absolute atomic E-state index is 11.5. The lowest BCUT2D eigenvalue weighted by Gasteiger charge is -2.39. The Bertz CT molecular complexity index is 754. The van der Waals surface area contributed by atoms with Gasteiger partial charge in [0.25, 0.3) is 0 Å². The molecule has 0 spiro atoms. The zero-order valence-electron chi connectivity index (χ0n) is 19.9. The summed E-state index contributed by atoms with van der Waals surface area (Å²) in [4.78, 5) is 11.5. The van der Waals surface area contributed by atoms with E-state index in [-0.39, 0.29) is 23.7 Å². The van der Waals surface area contributed by atoms with Gasteiger partial charge >= 0.3 is 5.97 Å². The summed E-state index contributed by atoms with van der Waals surface area (Å²) in [5.74, 6) is -0.0853. The molecule has 1 aromatic carbocycles. The first kappa shape index (κ1) is 25.6. The number of hydrogen-bond donors (Lipinski definition) is 1. The molecule has 1 aliphatic rings. The van der Waals surface area contributed by atoms with Crippen molar-refractivity contribution >= 4 is 14.3 Å². The summed E-state index contributed by atoms with van der Waals surface area (Å²) >= 11 is 0. The Morgan fingerprint density at radius 1 is 1.32 bits per heavy atom. The molecule has 1 saturated heterocycles. The number of hydrogen-bond acceptors (Lipinski definition) is 5. The summed E-state index contributed by atoms with van der Waals surface area (Å²) < 4.78 is 24.1. The largest absolute Gasteiger partial charge is 0.497 e. The van der Waals surface area contributed by atoms with Crippen molar-refractivity contribution in [2.45, 2.75) is 89.2 Å². The van der Waals surface area contributed by atoms with Crippen LogP contribution in [0.1, 0.15) is 58.8 Å². The van der Waals surface area contributed by atoms with Gasteiger partial charge in [0, 0.05) is 5.56 Å². The molecule has 0 radical (unpaired) electrons. The van der Waals surface area contributed by atoms with Gasteiger partial charge < -0.3 is 23.7 Å². The molecule has 174 valence electrons. The molecule has 0 aliphatic carbocycles. The van der Waals surface area contributed by atoms with E-state index < -0.39 is 26.2 Å². The molecule has 2 rings (SSSR count). The van der Waals surface area contributed by atoms with Crippen molar-refractivity contribution in [2.24, 2.45) is 0 Å². The van der Waals surface area contributed by atoms with Crippen molar-refractivity contribution < 1.29 is 28.5 Å². The second-order valence-corrected chi connectivity index (χ2v) is 14.7. The zero-order chi connectivity index (χ0) is 23.4. The number of methoxy groups -OCH3 is 1. The molecular weight excluding hydrogens is 412 g/mol. The van der Waals surface area contributed by atoms with Crippen molar-refractivity contribution in [3.63, 3.8) is 0 Å². The van der Waals surface area contributed by atoms with Gasteiger partial charge in [-0.1, -0.05) is 39.0 Å². The summed E-state index contributed by atoms with van der Waals surface area (Å²) in [6.45, 7) is 16.7. The van der Waals surface area contributed by atoms with Gasteiger partial charge in [0.15, 0.2) is 14.6 Å². The van der Waals surface area contributed by atoms with E-state index in [9.17, 15) is 9.90 Å². The van der Waals surface area contributed by atoms with Gasteiger partial charge in [-0.2, -0.15) is 0 Å². The minimum absolute atomic E-state index is 0.00371. The number of benzene rings is 1. The molecule has 1 unspecified atom stereocenters. The highest BCUT2D eigenvalue weighted by molar-refractivity contribution is 6.74. The van der Waals surface area contributed by atoms with E-state index in [2.05, 4.69) is 40.4 Å². The monoisotopic (exact) mass is 450 g/mol. The first-order valence-corrected chi connectivity index (χ1v) is 13.7. The van der Waals surface area contributed by atoms with Crippen molar-refractivity contribution in [3.8, 4) is 5.75 Å². The maximum Gasteiger partial charge on any atom is 0.305 e. The van der Waals surface area contributed by atoms with Gasteiger partial charge in [0.05, 0.1) is 25.2 Å². The average molecular weight is 451 g/mol. The van der Waals surface area contributed by atoms with Crippen LogP contribution in [0.4, 0.5) is 0 Å². The van der Waals surface area contributed by atoms with Crippen LogP contribution in [0.2, 0.25) is 18.1 Å². The number of carboxylic acid groups (broad SMARTS) is 1. The van der Waals surface area contributed by atoms with Crippen LogP contribution in [0, 0.1) is 0 Å². The first-order valence-electron chi connectivity index (χ1n) is 10.8. The standard InChI is InChI=1S/C24H38O6Si/c1-9-20-24(5,29-22(28-20)17-10-12-18(27-6)13-11-17)15-14-19(16-21(25)26)30-31(7,8)23(2,3)4/h9-13,19-20,22H,1,14-16H2,2-8H3,(H,25,26)/t19-,20+,22?,24-/m1/s1. The fraction of sp³-hybridized carbons (Fsp3) is 0.625. The third-order valence-corrected chi connectivity index (χ3v) is 11.0. The summed E-state index contributed by atoms with van der Waals surface area (Å²) in [6, 6.07) is 7.58. The van der Waals surface area contributed by atoms with E-state index >= 15 is 0 Å². The van der Waals surface area contributed by atoms with Crippen LogP contribution in [0.25, 0.3) is 0 Å². The third-order valence-electron chi connectivity index (χ3n) is 6.48. The van der Waals surface area contributed by atoms with E-state index in [1.165, 1.54) is 0 Å². The van der Waals surface area contributed by atoms with E-state index in [4.69, 9.17) is 18.6 Å². The van der Waals surface area contributed by atoms with Crippen molar-refractivity contribution in [3.05, 3.63) is 42.5 Å². The van der Waals surface area contributed by atoms with Gasteiger partial charge in [-0.15, -0.1) is 6.58 Å². The van der Waals surface area contributed by atoms with Gasteiger partial charge in [-0.3, -0.25) is 4.79 Å². The van der Waals surface area contributed by atoms with Crippen LogP contribution < -0.4 is 4.74 Å². The molecule has 6 nitrogen and oxygen atoms in total. The van der Waals surface area contributed by atoms with Crippen LogP contribution in [-0.4, -0.2) is 44.3 Å². The zero-order valence-corrected chi connectivity index (χ0v) is 20.9. The predicted molar refractivity (Wildman–Crippen MR) is 124 cm³/mol. The highest BCUT2D eigenvalue weighted by atomic mass is 28.4. The predicted octanol–water partition coefficient (Wildman–Crippen LogP) is 5.70. The van der Waals surface area contributed by atoms with Crippen molar-refractivity contribution in [2.75, 3.05) is 7.11 Å². The van der Waals surface area contributed by atoms with Crippen LogP contribution >= 0.6 is 0 Å². The minimum atomic E-state index is -2.10. The molecule has 4 atom stereocenters. The van der Waals surface area contributed by atoms with Gasteiger partial charge in [-0.25, -0.2) is 0 Å². The number of aliphatic carboxylic acids is 1. The fourth-order valence-corrected chi connectivity index (χ4v) is 4.86. The van der Waals surface area contributed by atoms with Crippen molar-refractivity contribution in [1.82, 2.24) is 0 Å². The van der Waals surface area contributed by atoms with E-state index in [0.29, 0.717) is 12.8 Å². The number of ether oxygens (including phenoxy) is 3. The molecule has 0 aromatic heterocycles. The second kappa shape index (κ2) is 9.86. The normalized spacial score (nSPS) is 25.3. The van der Waals surface area contributed by atoms with Crippen molar-refractivity contribution in [1.29, 1.82) is 0 Å². The minimum Gasteiger partial charge on any atom is -0.497 e. The SMILES string of the molecule is C=C[C@@H]1OC(c2ccc(OC)cc2)O[C@]1(C)CC[C@H](CC(=O)O)O[Si](C)(C)C(C)(C)C. The van der Waals surface area contributed by atoms with Gasteiger partial charge in [0.2, 0.25) is 0 Å². The summed E-state index contributed by atoms with van der Waals surface area (Å²) in [5.41, 5.74) is 0.274. The third kappa shape index (κ3) is 6.41. The Morgan fingerprint density at radius 3 is 2.42 bits per heavy atom. The van der Waals surface area contributed by atoms with Crippen LogP contribution in [0.5, 0.6) is 5.75 Å². The second-order valence-electron chi connectivity index (χ2n) is 9.96. The molecule has 1 heterocycles. The Balaban J connectivity index is 2.12. The first-order chi connectivity index (χ1) is 14.3. The summed E-state index contributed by atoms with van der Waals surface area (Å²) in [7, 11) is -0.477. The van der Waals surface area contributed by atoms with Crippen LogP contribution in [-0.2, 0) is 18.7 Å². The topological polar surface area (TPSA) is 74.2 Å². The molecule has 1 aromatic rings. The average Bonchev–Trinajstić information content (AvgIpc) is 3.01. The fourth-order valence-electron chi connectivity index (χ4n) is 3.47. The number of rotatable bonds is 10. The molecule has 1 aliphatic heterocycles. The Hall–Kier alpha value is -1.67. The highest BCUT2D eigenvalue weighted by Gasteiger charge is 2.46. The molecule has 31 heavy (non-hydrogen) atoms. The molecular formula is C24H38O6Si. The quantitative estimate of drug-likeness (QED) is 0.364. The molecule has 7 heteroatoms. The maximum atomic E-state index is 11.5. The smallest absolute Gasteiger partial charge is 0.305 e. The molecule has 1 fully saturated rings. The Morgan fingerprint density at radius 2 is 1.94 bits per heavy atom.